The maximum absolute atomic E-state index is 12.5. The van der Waals surface area contributed by atoms with Crippen molar-refractivity contribution in [2.45, 2.75) is 26.3 Å². The lowest BCUT2D eigenvalue weighted by Crippen LogP contribution is -2.55. The summed E-state index contributed by atoms with van der Waals surface area (Å²) in [7, 11) is 1.59. The lowest BCUT2D eigenvalue weighted by atomic mass is 10.0. The third kappa shape index (κ3) is 4.89. The fraction of sp³-hybridized carbons (Fsp3) is 0.588. The van der Waals surface area contributed by atoms with Gasteiger partial charge < -0.3 is 15.0 Å². The summed E-state index contributed by atoms with van der Waals surface area (Å²) in [5.41, 5.74) is 0.939. The van der Waals surface area contributed by atoms with Crippen LogP contribution in [0.3, 0.4) is 0 Å². The number of rotatable bonds is 4. The van der Waals surface area contributed by atoms with Gasteiger partial charge in [-0.15, -0.1) is 0 Å². The molecule has 1 aromatic rings. The first-order valence-corrected chi connectivity index (χ1v) is 9.48. The van der Waals surface area contributed by atoms with Crippen LogP contribution in [-0.4, -0.2) is 61.1 Å². The Morgan fingerprint density at radius 2 is 1.92 bits per heavy atom. The van der Waals surface area contributed by atoms with Gasteiger partial charge in [0.1, 0.15) is 5.75 Å². The number of benzene rings is 1. The van der Waals surface area contributed by atoms with E-state index in [0.29, 0.717) is 10.8 Å². The van der Waals surface area contributed by atoms with Gasteiger partial charge in [-0.1, -0.05) is 11.6 Å². The van der Waals surface area contributed by atoms with Gasteiger partial charge in [-0.2, -0.15) is 0 Å². The molecule has 0 unspecified atom stereocenters. The van der Waals surface area contributed by atoms with Gasteiger partial charge in [0, 0.05) is 41.4 Å². The number of anilines is 1. The van der Waals surface area contributed by atoms with E-state index in [4.69, 9.17) is 16.3 Å². The van der Waals surface area contributed by atoms with Crippen LogP contribution in [0, 0.1) is 3.57 Å². The van der Waals surface area contributed by atoms with Crippen LogP contribution in [0.5, 0.6) is 5.75 Å². The quantitative estimate of drug-likeness (QED) is 0.693. The standard InChI is InChI=1S/C17H25ClIN3O2/c1-17(2,3)22-7-5-21(6-8-22)16(23)11-20-14-10-13(19)12(18)9-15(14)24-4/h9-10,20H,5-8,11H2,1-4H3. The van der Waals surface area contributed by atoms with Crippen molar-refractivity contribution in [2.24, 2.45) is 0 Å². The highest BCUT2D eigenvalue weighted by Crippen LogP contribution is 2.32. The number of hydrogen-bond acceptors (Lipinski definition) is 4. The van der Waals surface area contributed by atoms with E-state index in [0.717, 1.165) is 35.4 Å². The summed E-state index contributed by atoms with van der Waals surface area (Å²) < 4.78 is 6.25. The minimum absolute atomic E-state index is 0.107. The summed E-state index contributed by atoms with van der Waals surface area (Å²) in [6.07, 6.45) is 0. The second-order valence-corrected chi connectivity index (χ2v) is 8.43. The number of hydrogen-bond donors (Lipinski definition) is 1. The Kier molecular flexibility index (Phi) is 6.61. The van der Waals surface area contributed by atoms with Crippen molar-refractivity contribution in [3.8, 4) is 5.75 Å². The molecule has 1 aromatic carbocycles. The number of halogens is 2. The van der Waals surface area contributed by atoms with Crippen molar-refractivity contribution in [3.05, 3.63) is 20.7 Å². The Morgan fingerprint density at radius 1 is 1.29 bits per heavy atom. The van der Waals surface area contributed by atoms with E-state index in [-0.39, 0.29) is 18.0 Å². The molecule has 1 amide bonds. The number of ether oxygens (including phenoxy) is 1. The summed E-state index contributed by atoms with van der Waals surface area (Å²) in [4.78, 5) is 16.8. The van der Waals surface area contributed by atoms with Crippen molar-refractivity contribution in [1.82, 2.24) is 9.80 Å². The molecule has 0 saturated carbocycles. The highest BCUT2D eigenvalue weighted by atomic mass is 127. The molecule has 0 bridgehead atoms. The van der Waals surface area contributed by atoms with Crippen LogP contribution in [0.15, 0.2) is 12.1 Å². The summed E-state index contributed by atoms with van der Waals surface area (Å²) in [5.74, 6) is 0.751. The van der Waals surface area contributed by atoms with Crippen LogP contribution in [0.4, 0.5) is 5.69 Å². The molecule has 24 heavy (non-hydrogen) atoms. The van der Waals surface area contributed by atoms with Crippen molar-refractivity contribution < 1.29 is 9.53 Å². The molecule has 5 nitrogen and oxygen atoms in total. The number of nitrogens with zero attached hydrogens (tertiary/aromatic N) is 2. The minimum Gasteiger partial charge on any atom is -0.495 e. The van der Waals surface area contributed by atoms with Gasteiger partial charge in [-0.3, -0.25) is 9.69 Å². The molecule has 1 heterocycles. The Bertz CT molecular complexity index is 596. The molecule has 1 fully saturated rings. The van der Waals surface area contributed by atoms with E-state index in [1.54, 1.807) is 13.2 Å². The normalized spacial score (nSPS) is 16.2. The number of carbonyl (C=O) groups excluding carboxylic acids is 1. The average molecular weight is 466 g/mol. The van der Waals surface area contributed by atoms with Crippen molar-refractivity contribution in [3.63, 3.8) is 0 Å². The molecule has 1 aliphatic rings. The van der Waals surface area contributed by atoms with E-state index in [1.165, 1.54) is 0 Å². The first-order valence-electron chi connectivity index (χ1n) is 8.02. The van der Waals surface area contributed by atoms with Gasteiger partial charge in [0.15, 0.2) is 0 Å². The monoisotopic (exact) mass is 465 g/mol. The molecular weight excluding hydrogens is 441 g/mol. The average Bonchev–Trinajstić information content (AvgIpc) is 2.54. The predicted octanol–water partition coefficient (Wildman–Crippen LogP) is 3.31. The maximum atomic E-state index is 12.5. The van der Waals surface area contributed by atoms with Gasteiger partial charge in [-0.25, -0.2) is 0 Å². The van der Waals surface area contributed by atoms with E-state index in [2.05, 4.69) is 53.6 Å². The van der Waals surface area contributed by atoms with Crippen molar-refractivity contribution >= 4 is 45.8 Å². The summed E-state index contributed by atoms with van der Waals surface area (Å²) in [5, 5.41) is 3.82. The molecule has 0 spiro atoms. The zero-order chi connectivity index (χ0) is 17.9. The fourth-order valence-corrected chi connectivity index (χ4v) is 3.37. The number of piperazine rings is 1. The first-order chi connectivity index (χ1) is 11.2. The van der Waals surface area contributed by atoms with Crippen LogP contribution in [-0.2, 0) is 4.79 Å². The molecular formula is C17H25ClIN3O2. The SMILES string of the molecule is COc1cc(Cl)c(I)cc1NCC(=O)N1CCN(C(C)(C)C)CC1. The topological polar surface area (TPSA) is 44.8 Å². The van der Waals surface area contributed by atoms with Gasteiger partial charge in [0.05, 0.1) is 24.4 Å². The van der Waals surface area contributed by atoms with E-state index in [1.807, 2.05) is 11.0 Å². The third-order valence-electron chi connectivity index (χ3n) is 4.25. The van der Waals surface area contributed by atoms with Crippen LogP contribution in [0.1, 0.15) is 20.8 Å². The van der Waals surface area contributed by atoms with Gasteiger partial charge in [0.2, 0.25) is 5.91 Å². The molecule has 0 atom stereocenters. The van der Waals surface area contributed by atoms with Crippen LogP contribution in [0.25, 0.3) is 0 Å². The Hall–Kier alpha value is -0.730. The number of carbonyl (C=O) groups is 1. The summed E-state index contributed by atoms with van der Waals surface area (Å²) in [6, 6.07) is 3.66. The number of methoxy groups -OCH3 is 1. The van der Waals surface area contributed by atoms with Crippen molar-refractivity contribution in [2.75, 3.05) is 45.2 Å². The molecule has 1 N–H and O–H groups in total. The van der Waals surface area contributed by atoms with Crippen LogP contribution in [0.2, 0.25) is 5.02 Å². The molecule has 7 heteroatoms. The Morgan fingerprint density at radius 3 is 2.46 bits per heavy atom. The molecule has 2 rings (SSSR count). The Labute approximate surface area is 162 Å². The van der Waals surface area contributed by atoms with Gasteiger partial charge in [-0.05, 0) is 49.4 Å². The second-order valence-electron chi connectivity index (χ2n) is 6.86. The molecule has 0 aromatic heterocycles. The predicted molar refractivity (Wildman–Crippen MR) is 107 cm³/mol. The summed E-state index contributed by atoms with van der Waals surface area (Å²) >= 11 is 8.27. The highest BCUT2D eigenvalue weighted by Gasteiger charge is 2.27. The van der Waals surface area contributed by atoms with E-state index < -0.39 is 0 Å². The lowest BCUT2D eigenvalue weighted by molar-refractivity contribution is -0.131. The number of amides is 1. The molecule has 1 saturated heterocycles. The lowest BCUT2D eigenvalue weighted by Gasteiger charge is -2.42. The third-order valence-corrected chi connectivity index (χ3v) is 5.78. The van der Waals surface area contributed by atoms with Crippen LogP contribution >= 0.6 is 34.2 Å². The minimum atomic E-state index is 0.107. The fourth-order valence-electron chi connectivity index (χ4n) is 2.74. The van der Waals surface area contributed by atoms with Crippen LogP contribution < -0.4 is 10.1 Å². The van der Waals surface area contributed by atoms with Gasteiger partial charge in [0.25, 0.3) is 0 Å². The molecule has 0 aliphatic carbocycles. The summed E-state index contributed by atoms with van der Waals surface area (Å²) in [6.45, 7) is 10.2. The molecule has 1 aliphatic heterocycles. The van der Waals surface area contributed by atoms with Crippen molar-refractivity contribution in [1.29, 1.82) is 0 Å². The van der Waals surface area contributed by atoms with E-state index in [9.17, 15) is 4.79 Å². The first kappa shape index (κ1) is 19.6. The smallest absolute Gasteiger partial charge is 0.241 e. The largest absolute Gasteiger partial charge is 0.495 e. The maximum Gasteiger partial charge on any atom is 0.241 e. The zero-order valence-corrected chi connectivity index (χ0v) is 17.6. The zero-order valence-electron chi connectivity index (χ0n) is 14.7. The second kappa shape index (κ2) is 8.10. The van der Waals surface area contributed by atoms with Gasteiger partial charge >= 0.3 is 0 Å². The highest BCUT2D eigenvalue weighted by molar-refractivity contribution is 14.1. The molecule has 134 valence electrons. The Balaban J connectivity index is 1.92. The molecule has 0 radical (unpaired) electrons. The van der Waals surface area contributed by atoms with E-state index >= 15 is 0 Å². The number of nitrogens with one attached hydrogen (secondary N) is 1.